The summed E-state index contributed by atoms with van der Waals surface area (Å²) in [4.78, 5) is 0. The Labute approximate surface area is 90.6 Å². The molecular weight excluding hydrogens is 186 g/mol. The maximum Gasteiger partial charge on any atom is 0.0437 e. The Kier molecular flexibility index (Phi) is 3.07. The summed E-state index contributed by atoms with van der Waals surface area (Å²) in [5.41, 5.74) is 2.54. The van der Waals surface area contributed by atoms with Gasteiger partial charge in [-0.15, -0.1) is 6.58 Å². The number of benzene rings is 1. The third-order valence-electron chi connectivity index (χ3n) is 3.05. The van der Waals surface area contributed by atoms with Gasteiger partial charge in [0, 0.05) is 24.3 Å². The smallest absolute Gasteiger partial charge is 0.0437 e. The van der Waals surface area contributed by atoms with E-state index in [4.69, 9.17) is 5.11 Å². The molecule has 0 aliphatic carbocycles. The molecule has 2 atom stereocenters. The minimum atomic E-state index is 0.244. The topological polar surface area (TPSA) is 32.3 Å². The number of fused-ring (bicyclic) bond motifs is 1. The van der Waals surface area contributed by atoms with Gasteiger partial charge in [0.1, 0.15) is 0 Å². The summed E-state index contributed by atoms with van der Waals surface area (Å²) in [5.74, 6) is 0.421. The lowest BCUT2D eigenvalue weighted by Crippen LogP contribution is -2.20. The number of anilines is 1. The van der Waals surface area contributed by atoms with E-state index in [-0.39, 0.29) is 6.61 Å². The van der Waals surface area contributed by atoms with Crippen LogP contribution >= 0.6 is 0 Å². The van der Waals surface area contributed by atoms with E-state index in [0.29, 0.717) is 12.0 Å². The summed E-state index contributed by atoms with van der Waals surface area (Å²) in [7, 11) is 0. The highest BCUT2D eigenvalue weighted by molar-refractivity contribution is 5.59. The average molecular weight is 203 g/mol. The molecule has 1 heterocycles. The van der Waals surface area contributed by atoms with Gasteiger partial charge in [0.2, 0.25) is 0 Å². The number of rotatable bonds is 4. The molecule has 2 rings (SSSR count). The van der Waals surface area contributed by atoms with Crippen LogP contribution in [0.25, 0.3) is 0 Å². The monoisotopic (exact) mass is 203 g/mol. The van der Waals surface area contributed by atoms with Crippen LogP contribution in [0.3, 0.4) is 0 Å². The zero-order chi connectivity index (χ0) is 10.7. The van der Waals surface area contributed by atoms with Crippen molar-refractivity contribution >= 4 is 5.69 Å². The molecule has 80 valence electrons. The standard InChI is InChI=1S/C13H17NO/c1-2-5-12-11(8-9-15)10-6-3-4-7-13(10)14-12/h2-4,6-7,11-12,14-15H,1,5,8-9H2/t11-,12-/m1/s1. The first-order valence-corrected chi connectivity index (χ1v) is 5.44. The molecule has 15 heavy (non-hydrogen) atoms. The molecule has 2 nitrogen and oxygen atoms in total. The van der Waals surface area contributed by atoms with E-state index in [1.165, 1.54) is 11.3 Å². The number of aliphatic hydroxyl groups excluding tert-OH is 1. The van der Waals surface area contributed by atoms with E-state index >= 15 is 0 Å². The summed E-state index contributed by atoms with van der Waals surface area (Å²) in [6, 6.07) is 8.74. The molecule has 0 amide bonds. The Morgan fingerprint density at radius 3 is 2.93 bits per heavy atom. The summed E-state index contributed by atoms with van der Waals surface area (Å²) >= 11 is 0. The second kappa shape index (κ2) is 4.49. The molecule has 0 fully saturated rings. The molecule has 0 radical (unpaired) electrons. The first kappa shape index (κ1) is 10.2. The van der Waals surface area contributed by atoms with Crippen LogP contribution in [0.15, 0.2) is 36.9 Å². The minimum Gasteiger partial charge on any atom is -0.396 e. The second-order valence-corrected chi connectivity index (χ2v) is 3.98. The summed E-state index contributed by atoms with van der Waals surface area (Å²) in [6.07, 6.45) is 3.70. The highest BCUT2D eigenvalue weighted by atomic mass is 16.3. The summed E-state index contributed by atoms with van der Waals surface area (Å²) < 4.78 is 0. The molecule has 1 aliphatic heterocycles. The highest BCUT2D eigenvalue weighted by Gasteiger charge is 2.29. The maximum absolute atomic E-state index is 9.08. The number of hydrogen-bond acceptors (Lipinski definition) is 2. The Bertz CT molecular complexity index is 348. The number of para-hydroxylation sites is 1. The van der Waals surface area contributed by atoms with E-state index in [2.05, 4.69) is 30.1 Å². The molecular formula is C13H17NO. The van der Waals surface area contributed by atoms with Gasteiger partial charge in [-0.2, -0.15) is 0 Å². The lowest BCUT2D eigenvalue weighted by Gasteiger charge is -2.17. The molecule has 1 aliphatic rings. The Balaban J connectivity index is 2.24. The van der Waals surface area contributed by atoms with Crippen molar-refractivity contribution in [2.75, 3.05) is 11.9 Å². The first-order valence-electron chi connectivity index (χ1n) is 5.44. The van der Waals surface area contributed by atoms with Crippen LogP contribution in [0.5, 0.6) is 0 Å². The van der Waals surface area contributed by atoms with Gasteiger partial charge in [-0.25, -0.2) is 0 Å². The Morgan fingerprint density at radius 2 is 2.20 bits per heavy atom. The molecule has 1 aromatic carbocycles. The van der Waals surface area contributed by atoms with Crippen molar-refractivity contribution in [3.63, 3.8) is 0 Å². The molecule has 0 saturated heterocycles. The van der Waals surface area contributed by atoms with Crippen LogP contribution in [0.4, 0.5) is 5.69 Å². The minimum absolute atomic E-state index is 0.244. The van der Waals surface area contributed by atoms with Crippen LogP contribution < -0.4 is 5.32 Å². The van der Waals surface area contributed by atoms with Crippen molar-refractivity contribution in [3.8, 4) is 0 Å². The van der Waals surface area contributed by atoms with Crippen molar-refractivity contribution in [1.82, 2.24) is 0 Å². The highest BCUT2D eigenvalue weighted by Crippen LogP contribution is 2.38. The molecule has 2 N–H and O–H groups in total. The second-order valence-electron chi connectivity index (χ2n) is 3.98. The van der Waals surface area contributed by atoms with Crippen LogP contribution in [-0.2, 0) is 0 Å². The molecule has 0 bridgehead atoms. The lowest BCUT2D eigenvalue weighted by molar-refractivity contribution is 0.272. The third-order valence-corrected chi connectivity index (χ3v) is 3.05. The van der Waals surface area contributed by atoms with Gasteiger partial charge in [-0.1, -0.05) is 24.3 Å². The fourth-order valence-electron chi connectivity index (χ4n) is 2.37. The largest absolute Gasteiger partial charge is 0.396 e. The first-order chi connectivity index (χ1) is 7.36. The summed E-state index contributed by atoms with van der Waals surface area (Å²) in [5, 5.41) is 12.6. The van der Waals surface area contributed by atoms with Crippen molar-refractivity contribution in [2.45, 2.75) is 24.8 Å². The van der Waals surface area contributed by atoms with Crippen molar-refractivity contribution in [3.05, 3.63) is 42.5 Å². The molecule has 0 spiro atoms. The lowest BCUT2D eigenvalue weighted by atomic mass is 9.90. The SMILES string of the molecule is C=CC[C@H]1Nc2ccccc2[C@H]1CCO. The van der Waals surface area contributed by atoms with Gasteiger partial charge >= 0.3 is 0 Å². The van der Waals surface area contributed by atoms with E-state index in [0.717, 1.165) is 12.8 Å². The zero-order valence-electron chi connectivity index (χ0n) is 8.82. The van der Waals surface area contributed by atoms with E-state index in [1.54, 1.807) is 0 Å². The molecule has 0 aromatic heterocycles. The van der Waals surface area contributed by atoms with Gasteiger partial charge < -0.3 is 10.4 Å². The van der Waals surface area contributed by atoms with Crippen LogP contribution in [-0.4, -0.2) is 17.8 Å². The third kappa shape index (κ3) is 1.90. The van der Waals surface area contributed by atoms with Gasteiger partial charge in [-0.3, -0.25) is 0 Å². The fraction of sp³-hybridized carbons (Fsp3) is 0.385. The Morgan fingerprint density at radius 1 is 1.40 bits per heavy atom. The molecule has 0 unspecified atom stereocenters. The summed E-state index contributed by atoms with van der Waals surface area (Å²) in [6.45, 7) is 4.02. The molecule has 1 aromatic rings. The quantitative estimate of drug-likeness (QED) is 0.737. The van der Waals surface area contributed by atoms with Gasteiger partial charge in [0.25, 0.3) is 0 Å². The number of hydrogen-bond donors (Lipinski definition) is 2. The van der Waals surface area contributed by atoms with Gasteiger partial charge in [0.05, 0.1) is 0 Å². The van der Waals surface area contributed by atoms with Gasteiger partial charge in [-0.05, 0) is 24.5 Å². The van der Waals surface area contributed by atoms with Crippen molar-refractivity contribution in [2.24, 2.45) is 0 Å². The zero-order valence-corrected chi connectivity index (χ0v) is 8.82. The number of nitrogens with one attached hydrogen (secondary N) is 1. The number of aliphatic hydroxyl groups is 1. The average Bonchev–Trinajstić information content (AvgIpc) is 2.59. The Hall–Kier alpha value is -1.28. The van der Waals surface area contributed by atoms with Gasteiger partial charge in [0.15, 0.2) is 0 Å². The van der Waals surface area contributed by atoms with Crippen molar-refractivity contribution < 1.29 is 5.11 Å². The van der Waals surface area contributed by atoms with Crippen LogP contribution in [0.2, 0.25) is 0 Å². The predicted molar refractivity (Wildman–Crippen MR) is 63.1 cm³/mol. The fourth-order valence-corrected chi connectivity index (χ4v) is 2.37. The van der Waals surface area contributed by atoms with E-state index in [9.17, 15) is 0 Å². The molecule has 2 heteroatoms. The predicted octanol–water partition coefficient (Wildman–Crippen LogP) is 2.52. The van der Waals surface area contributed by atoms with E-state index in [1.807, 2.05) is 12.1 Å². The molecule has 0 saturated carbocycles. The van der Waals surface area contributed by atoms with E-state index < -0.39 is 0 Å². The van der Waals surface area contributed by atoms with Crippen LogP contribution in [0.1, 0.15) is 24.3 Å². The van der Waals surface area contributed by atoms with Crippen molar-refractivity contribution in [1.29, 1.82) is 0 Å². The normalized spacial score (nSPS) is 23.3. The maximum atomic E-state index is 9.08. The van der Waals surface area contributed by atoms with Crippen LogP contribution in [0, 0.1) is 0 Å².